The van der Waals surface area contributed by atoms with Gasteiger partial charge < -0.3 is 23.9 Å². The molecule has 1 saturated heterocycles. The number of urea groups is 1. The predicted octanol–water partition coefficient (Wildman–Crippen LogP) is 4.32. The van der Waals surface area contributed by atoms with Gasteiger partial charge in [0.2, 0.25) is 0 Å². The van der Waals surface area contributed by atoms with Crippen LogP contribution in [-0.2, 0) is 0 Å². The lowest BCUT2D eigenvalue weighted by Gasteiger charge is -2.19. The Morgan fingerprint density at radius 1 is 1.32 bits per heavy atom. The van der Waals surface area contributed by atoms with Crippen molar-refractivity contribution in [2.75, 3.05) is 25.5 Å². The van der Waals surface area contributed by atoms with E-state index < -0.39 is 5.82 Å². The Hall–Kier alpha value is -3.88. The fourth-order valence-corrected chi connectivity index (χ4v) is 3.95. The highest BCUT2D eigenvalue weighted by atomic mass is 19.1. The number of pyridine rings is 1. The zero-order chi connectivity index (χ0) is 21.4. The summed E-state index contributed by atoms with van der Waals surface area (Å²) in [7, 11) is 1.40. The summed E-state index contributed by atoms with van der Waals surface area (Å²) in [5, 5.41) is 2.76. The van der Waals surface area contributed by atoms with E-state index in [0.29, 0.717) is 18.8 Å². The SMILES string of the molecule is COc1ccc(NC(=O)N2CC[C@H](n3c(-c4ccoc4)nc4cccnc43)C2)cc1F. The second-order valence-electron chi connectivity index (χ2n) is 7.33. The van der Waals surface area contributed by atoms with E-state index in [2.05, 4.69) is 14.9 Å². The van der Waals surface area contributed by atoms with Crippen LogP contribution in [0.4, 0.5) is 14.9 Å². The van der Waals surface area contributed by atoms with Crippen LogP contribution in [0.2, 0.25) is 0 Å². The summed E-state index contributed by atoms with van der Waals surface area (Å²) in [6.45, 7) is 1.05. The molecule has 0 radical (unpaired) electrons. The Morgan fingerprint density at radius 2 is 2.23 bits per heavy atom. The summed E-state index contributed by atoms with van der Waals surface area (Å²) in [6.07, 6.45) is 5.73. The van der Waals surface area contributed by atoms with Gasteiger partial charge >= 0.3 is 6.03 Å². The summed E-state index contributed by atoms with van der Waals surface area (Å²) in [5.41, 5.74) is 2.79. The van der Waals surface area contributed by atoms with Gasteiger partial charge in [-0.05, 0) is 36.8 Å². The number of anilines is 1. The number of hydrogen-bond acceptors (Lipinski definition) is 5. The third kappa shape index (κ3) is 3.48. The number of fused-ring (bicyclic) bond motifs is 1. The first-order chi connectivity index (χ1) is 15.1. The number of furan rings is 1. The average molecular weight is 421 g/mol. The van der Waals surface area contributed by atoms with Crippen molar-refractivity contribution in [3.05, 3.63) is 60.9 Å². The molecular formula is C22H20FN5O3. The van der Waals surface area contributed by atoms with Gasteiger partial charge in [-0.3, -0.25) is 0 Å². The molecule has 1 aliphatic heterocycles. The largest absolute Gasteiger partial charge is 0.494 e. The minimum Gasteiger partial charge on any atom is -0.494 e. The van der Waals surface area contributed by atoms with Crippen molar-refractivity contribution in [1.29, 1.82) is 0 Å². The molecule has 4 aromatic rings. The van der Waals surface area contributed by atoms with Crippen LogP contribution in [0.3, 0.4) is 0 Å². The summed E-state index contributed by atoms with van der Waals surface area (Å²) < 4.78 is 26.2. The van der Waals surface area contributed by atoms with Gasteiger partial charge in [-0.15, -0.1) is 0 Å². The van der Waals surface area contributed by atoms with Crippen molar-refractivity contribution >= 4 is 22.9 Å². The van der Waals surface area contributed by atoms with Crippen LogP contribution >= 0.6 is 0 Å². The number of nitrogens with one attached hydrogen (secondary N) is 1. The van der Waals surface area contributed by atoms with Crippen LogP contribution in [-0.4, -0.2) is 45.7 Å². The summed E-state index contributed by atoms with van der Waals surface area (Å²) in [5.74, 6) is 0.359. The topological polar surface area (TPSA) is 85.4 Å². The van der Waals surface area contributed by atoms with Crippen molar-refractivity contribution in [3.63, 3.8) is 0 Å². The molecule has 31 heavy (non-hydrogen) atoms. The first kappa shape index (κ1) is 19.1. The number of rotatable bonds is 4. The Labute approximate surface area is 177 Å². The molecule has 0 saturated carbocycles. The molecule has 0 aliphatic carbocycles. The molecule has 0 bridgehead atoms. The van der Waals surface area contributed by atoms with Gasteiger partial charge in [-0.1, -0.05) is 0 Å². The van der Waals surface area contributed by atoms with Crippen LogP contribution < -0.4 is 10.1 Å². The number of ether oxygens (including phenoxy) is 1. The van der Waals surface area contributed by atoms with Gasteiger partial charge in [-0.2, -0.15) is 0 Å². The van der Waals surface area contributed by atoms with Crippen LogP contribution in [0.1, 0.15) is 12.5 Å². The minimum atomic E-state index is -0.527. The third-order valence-electron chi connectivity index (χ3n) is 5.45. The van der Waals surface area contributed by atoms with Crippen LogP contribution in [0.5, 0.6) is 5.75 Å². The van der Waals surface area contributed by atoms with E-state index >= 15 is 0 Å². The number of halogens is 1. The molecule has 1 aromatic carbocycles. The van der Waals surface area contributed by atoms with E-state index in [1.165, 1.54) is 19.2 Å². The summed E-state index contributed by atoms with van der Waals surface area (Å²) in [4.78, 5) is 23.7. The van der Waals surface area contributed by atoms with Gasteiger partial charge in [0.05, 0.1) is 25.0 Å². The lowest BCUT2D eigenvalue weighted by atomic mass is 10.2. The molecule has 158 valence electrons. The molecule has 2 amide bonds. The molecule has 1 fully saturated rings. The van der Waals surface area contributed by atoms with Crippen molar-refractivity contribution in [3.8, 4) is 17.1 Å². The number of imidazole rings is 1. The van der Waals surface area contributed by atoms with E-state index in [4.69, 9.17) is 14.1 Å². The number of likely N-dealkylation sites (tertiary alicyclic amines) is 1. The lowest BCUT2D eigenvalue weighted by molar-refractivity contribution is 0.221. The van der Waals surface area contributed by atoms with Crippen LogP contribution in [0.25, 0.3) is 22.6 Å². The number of methoxy groups -OCH3 is 1. The van der Waals surface area contributed by atoms with Gasteiger partial charge in [-0.25, -0.2) is 19.2 Å². The molecule has 5 rings (SSSR count). The maximum Gasteiger partial charge on any atom is 0.321 e. The molecule has 8 nitrogen and oxygen atoms in total. The van der Waals surface area contributed by atoms with Crippen LogP contribution in [0, 0.1) is 5.82 Å². The zero-order valence-electron chi connectivity index (χ0n) is 16.8. The molecule has 4 heterocycles. The average Bonchev–Trinajstić information content (AvgIpc) is 3.52. The normalized spacial score (nSPS) is 16.1. The Balaban J connectivity index is 1.38. The van der Waals surface area contributed by atoms with Crippen molar-refractivity contribution in [1.82, 2.24) is 19.4 Å². The fraction of sp³-hybridized carbons (Fsp3) is 0.227. The molecule has 3 aromatic heterocycles. The highest BCUT2D eigenvalue weighted by molar-refractivity contribution is 5.89. The van der Waals surface area contributed by atoms with E-state index in [9.17, 15) is 9.18 Å². The Kier molecular flexibility index (Phi) is 4.78. The molecule has 1 aliphatic rings. The van der Waals surface area contributed by atoms with Gasteiger partial charge in [0.1, 0.15) is 17.6 Å². The molecule has 0 spiro atoms. The zero-order valence-corrected chi connectivity index (χ0v) is 16.8. The molecule has 1 N–H and O–H groups in total. The maximum atomic E-state index is 13.9. The van der Waals surface area contributed by atoms with Crippen molar-refractivity contribution in [2.24, 2.45) is 0 Å². The highest BCUT2D eigenvalue weighted by Crippen LogP contribution is 2.32. The highest BCUT2D eigenvalue weighted by Gasteiger charge is 2.31. The lowest BCUT2D eigenvalue weighted by Crippen LogP contribution is -2.33. The van der Waals surface area contributed by atoms with Gasteiger partial charge in [0.25, 0.3) is 0 Å². The number of aromatic nitrogens is 3. The summed E-state index contributed by atoms with van der Waals surface area (Å²) in [6, 6.07) is 9.68. The molecule has 9 heteroatoms. The monoisotopic (exact) mass is 421 g/mol. The second-order valence-corrected chi connectivity index (χ2v) is 7.33. The van der Waals surface area contributed by atoms with E-state index in [-0.39, 0.29) is 17.8 Å². The number of nitrogens with zero attached hydrogens (tertiary/aromatic N) is 4. The second kappa shape index (κ2) is 7.75. The Morgan fingerprint density at radius 3 is 3.00 bits per heavy atom. The molecule has 0 unspecified atom stereocenters. The predicted molar refractivity (Wildman–Crippen MR) is 112 cm³/mol. The number of carbonyl (C=O) groups is 1. The van der Waals surface area contributed by atoms with Crippen molar-refractivity contribution < 1.29 is 18.3 Å². The third-order valence-corrected chi connectivity index (χ3v) is 5.45. The Bertz CT molecular complexity index is 1240. The van der Waals surface area contributed by atoms with E-state index in [0.717, 1.165) is 29.0 Å². The number of carbonyl (C=O) groups excluding carboxylic acids is 1. The van der Waals surface area contributed by atoms with Gasteiger partial charge in [0, 0.05) is 31.0 Å². The van der Waals surface area contributed by atoms with Crippen LogP contribution in [0.15, 0.2) is 59.5 Å². The first-order valence-electron chi connectivity index (χ1n) is 9.89. The maximum absolute atomic E-state index is 13.9. The number of hydrogen-bond donors (Lipinski definition) is 1. The quantitative estimate of drug-likeness (QED) is 0.531. The van der Waals surface area contributed by atoms with E-state index in [1.807, 2.05) is 18.2 Å². The van der Waals surface area contributed by atoms with Gasteiger partial charge in [0.15, 0.2) is 17.2 Å². The fourth-order valence-electron chi connectivity index (χ4n) is 3.95. The number of amides is 2. The van der Waals surface area contributed by atoms with E-state index in [1.54, 1.807) is 29.7 Å². The molecular weight excluding hydrogens is 401 g/mol. The minimum absolute atomic E-state index is 0.00292. The number of benzene rings is 1. The smallest absolute Gasteiger partial charge is 0.321 e. The standard InChI is InChI=1S/C22H20FN5O3/c1-30-19-5-4-15(11-17(19)23)25-22(29)27-9-6-16(12-27)28-20(14-7-10-31-13-14)26-18-3-2-8-24-21(18)28/h2-5,7-8,10-11,13,16H,6,9,12H2,1H3,(H,25,29)/t16-/m0/s1. The first-order valence-corrected chi connectivity index (χ1v) is 9.89. The van der Waals surface area contributed by atoms with Crippen molar-refractivity contribution in [2.45, 2.75) is 12.5 Å². The molecule has 1 atom stereocenters. The summed E-state index contributed by atoms with van der Waals surface area (Å²) >= 11 is 0.